The SMILES string of the molecule is Cc1nc([C@H]2CCCCN2CCOc2ccccc2C#N)n[nH]1. The van der Waals surface area contributed by atoms with Gasteiger partial charge >= 0.3 is 0 Å². The molecule has 0 spiro atoms. The fourth-order valence-electron chi connectivity index (χ4n) is 3.02. The minimum atomic E-state index is 0.253. The van der Waals surface area contributed by atoms with E-state index in [4.69, 9.17) is 10.00 Å². The topological polar surface area (TPSA) is 77.8 Å². The van der Waals surface area contributed by atoms with E-state index in [0.29, 0.717) is 17.9 Å². The van der Waals surface area contributed by atoms with Crippen LogP contribution in [0.4, 0.5) is 0 Å². The summed E-state index contributed by atoms with van der Waals surface area (Å²) in [5.41, 5.74) is 0.576. The lowest BCUT2D eigenvalue weighted by Gasteiger charge is -2.33. The normalized spacial score (nSPS) is 18.5. The molecule has 1 saturated heterocycles. The molecule has 6 heteroatoms. The molecule has 1 aliphatic heterocycles. The smallest absolute Gasteiger partial charge is 0.167 e. The molecule has 0 saturated carbocycles. The molecule has 23 heavy (non-hydrogen) atoms. The van der Waals surface area contributed by atoms with Crippen molar-refractivity contribution in [2.75, 3.05) is 19.7 Å². The molecule has 1 N–H and O–H groups in total. The van der Waals surface area contributed by atoms with Crippen molar-refractivity contribution in [1.82, 2.24) is 20.1 Å². The summed E-state index contributed by atoms with van der Waals surface area (Å²) in [7, 11) is 0. The number of hydrogen-bond acceptors (Lipinski definition) is 5. The quantitative estimate of drug-likeness (QED) is 0.918. The number of nitrogens with one attached hydrogen (secondary N) is 1. The van der Waals surface area contributed by atoms with E-state index in [0.717, 1.165) is 31.2 Å². The van der Waals surface area contributed by atoms with E-state index < -0.39 is 0 Å². The predicted octanol–water partition coefficient (Wildman–Crippen LogP) is 2.59. The highest BCUT2D eigenvalue weighted by Crippen LogP contribution is 2.28. The maximum atomic E-state index is 9.10. The van der Waals surface area contributed by atoms with Crippen LogP contribution in [0.15, 0.2) is 24.3 Å². The number of likely N-dealkylation sites (tertiary alicyclic amines) is 1. The third-order valence-corrected chi connectivity index (χ3v) is 4.17. The van der Waals surface area contributed by atoms with Crippen LogP contribution < -0.4 is 4.74 Å². The van der Waals surface area contributed by atoms with Gasteiger partial charge in [0.2, 0.25) is 0 Å². The van der Waals surface area contributed by atoms with E-state index in [-0.39, 0.29) is 6.04 Å². The number of aromatic amines is 1. The van der Waals surface area contributed by atoms with Gasteiger partial charge in [0, 0.05) is 6.54 Å². The summed E-state index contributed by atoms with van der Waals surface area (Å²) in [4.78, 5) is 6.86. The minimum Gasteiger partial charge on any atom is -0.491 e. The first-order valence-corrected chi connectivity index (χ1v) is 8.03. The van der Waals surface area contributed by atoms with Crippen LogP contribution in [0.3, 0.4) is 0 Å². The van der Waals surface area contributed by atoms with Crippen molar-refractivity contribution in [2.24, 2.45) is 0 Å². The lowest BCUT2D eigenvalue weighted by molar-refractivity contribution is 0.118. The Bertz CT molecular complexity index is 690. The number of nitrogens with zero attached hydrogens (tertiary/aromatic N) is 4. The van der Waals surface area contributed by atoms with E-state index in [1.807, 2.05) is 25.1 Å². The van der Waals surface area contributed by atoms with Gasteiger partial charge in [0.05, 0.1) is 11.6 Å². The summed E-state index contributed by atoms with van der Waals surface area (Å²) in [5.74, 6) is 2.38. The van der Waals surface area contributed by atoms with E-state index in [1.54, 1.807) is 6.07 Å². The number of hydrogen-bond donors (Lipinski definition) is 1. The first-order valence-electron chi connectivity index (χ1n) is 8.03. The molecule has 0 radical (unpaired) electrons. The van der Waals surface area contributed by atoms with Gasteiger partial charge in [-0.15, -0.1) is 0 Å². The Morgan fingerprint density at radius 3 is 3.04 bits per heavy atom. The zero-order chi connectivity index (χ0) is 16.1. The van der Waals surface area contributed by atoms with Crippen LogP contribution >= 0.6 is 0 Å². The largest absolute Gasteiger partial charge is 0.491 e. The van der Waals surface area contributed by atoms with Gasteiger partial charge in [0.15, 0.2) is 5.82 Å². The van der Waals surface area contributed by atoms with Crippen molar-refractivity contribution in [3.63, 3.8) is 0 Å². The molecule has 1 aromatic carbocycles. The maximum Gasteiger partial charge on any atom is 0.167 e. The summed E-state index contributed by atoms with van der Waals surface area (Å²) in [6.45, 7) is 4.31. The molecule has 1 aliphatic rings. The summed E-state index contributed by atoms with van der Waals surface area (Å²) in [6.07, 6.45) is 3.47. The molecule has 0 unspecified atom stereocenters. The number of aromatic nitrogens is 3. The first-order chi connectivity index (χ1) is 11.3. The maximum absolute atomic E-state index is 9.10. The average Bonchev–Trinajstić information content (AvgIpc) is 3.02. The van der Waals surface area contributed by atoms with Crippen LogP contribution in [-0.4, -0.2) is 39.8 Å². The molecular weight excluding hydrogens is 290 g/mol. The highest BCUT2D eigenvalue weighted by molar-refractivity contribution is 5.42. The predicted molar refractivity (Wildman–Crippen MR) is 85.9 cm³/mol. The number of para-hydroxylation sites is 1. The number of piperidine rings is 1. The first kappa shape index (κ1) is 15.5. The Labute approximate surface area is 136 Å². The summed E-state index contributed by atoms with van der Waals surface area (Å²) >= 11 is 0. The Hall–Kier alpha value is -2.39. The number of ether oxygens (including phenoxy) is 1. The molecule has 2 heterocycles. The average molecular weight is 311 g/mol. The van der Waals surface area contributed by atoms with Gasteiger partial charge in [-0.25, -0.2) is 4.98 Å². The molecule has 1 fully saturated rings. The highest BCUT2D eigenvalue weighted by atomic mass is 16.5. The Morgan fingerprint density at radius 1 is 1.39 bits per heavy atom. The van der Waals surface area contributed by atoms with Crippen LogP contribution in [0.5, 0.6) is 5.75 Å². The van der Waals surface area contributed by atoms with Crippen molar-refractivity contribution >= 4 is 0 Å². The second-order valence-electron chi connectivity index (χ2n) is 5.78. The Balaban J connectivity index is 1.61. The van der Waals surface area contributed by atoms with E-state index >= 15 is 0 Å². The van der Waals surface area contributed by atoms with Crippen molar-refractivity contribution in [3.05, 3.63) is 41.5 Å². The molecular formula is C17H21N5O. The summed E-state index contributed by atoms with van der Waals surface area (Å²) < 4.78 is 5.81. The molecule has 120 valence electrons. The van der Waals surface area contributed by atoms with Crippen molar-refractivity contribution in [1.29, 1.82) is 5.26 Å². The van der Waals surface area contributed by atoms with Gasteiger partial charge in [0.1, 0.15) is 24.3 Å². The standard InChI is InChI=1S/C17H21N5O/c1-13-19-17(21-20-13)15-7-4-5-9-22(15)10-11-23-16-8-3-2-6-14(16)12-18/h2-3,6,8,15H,4-5,7,9-11H2,1H3,(H,19,20,21)/t15-/m1/s1. The summed E-state index contributed by atoms with van der Waals surface area (Å²) in [5, 5.41) is 16.3. The molecule has 1 atom stereocenters. The molecule has 0 aliphatic carbocycles. The minimum absolute atomic E-state index is 0.253. The molecule has 6 nitrogen and oxygen atoms in total. The molecule has 1 aromatic heterocycles. The number of H-pyrrole nitrogens is 1. The molecule has 3 rings (SSSR count). The number of rotatable bonds is 5. The van der Waals surface area contributed by atoms with Gasteiger partial charge in [0.25, 0.3) is 0 Å². The lowest BCUT2D eigenvalue weighted by Crippen LogP contribution is -2.37. The van der Waals surface area contributed by atoms with E-state index in [9.17, 15) is 0 Å². The van der Waals surface area contributed by atoms with Gasteiger partial charge in [-0.1, -0.05) is 18.6 Å². The van der Waals surface area contributed by atoms with E-state index in [1.165, 1.54) is 12.8 Å². The van der Waals surface area contributed by atoms with Gasteiger partial charge in [-0.05, 0) is 38.4 Å². The van der Waals surface area contributed by atoms with Crippen molar-refractivity contribution in [3.8, 4) is 11.8 Å². The van der Waals surface area contributed by atoms with Crippen LogP contribution in [0.1, 0.15) is 42.5 Å². The van der Waals surface area contributed by atoms with Gasteiger partial charge in [-0.2, -0.15) is 10.4 Å². The number of nitriles is 1. The zero-order valence-electron chi connectivity index (χ0n) is 13.3. The van der Waals surface area contributed by atoms with Gasteiger partial charge in [-0.3, -0.25) is 10.00 Å². The Morgan fingerprint density at radius 2 is 2.26 bits per heavy atom. The highest BCUT2D eigenvalue weighted by Gasteiger charge is 2.26. The number of benzene rings is 1. The number of aryl methyl sites for hydroxylation is 1. The molecule has 2 aromatic rings. The Kier molecular flexibility index (Phi) is 4.89. The van der Waals surface area contributed by atoms with Crippen LogP contribution in [0.2, 0.25) is 0 Å². The van der Waals surface area contributed by atoms with Gasteiger partial charge < -0.3 is 4.74 Å². The third kappa shape index (κ3) is 3.69. The second kappa shape index (κ2) is 7.25. The van der Waals surface area contributed by atoms with Crippen molar-refractivity contribution in [2.45, 2.75) is 32.2 Å². The summed E-state index contributed by atoms with van der Waals surface area (Å²) in [6, 6.07) is 9.75. The lowest BCUT2D eigenvalue weighted by atomic mass is 10.0. The molecule has 0 amide bonds. The third-order valence-electron chi connectivity index (χ3n) is 4.17. The zero-order valence-corrected chi connectivity index (χ0v) is 13.3. The van der Waals surface area contributed by atoms with Crippen molar-refractivity contribution < 1.29 is 4.74 Å². The monoisotopic (exact) mass is 311 g/mol. The fraction of sp³-hybridized carbons (Fsp3) is 0.471. The molecule has 0 bridgehead atoms. The van der Waals surface area contributed by atoms with E-state index in [2.05, 4.69) is 26.2 Å². The van der Waals surface area contributed by atoms with Crippen LogP contribution in [0, 0.1) is 18.3 Å². The second-order valence-corrected chi connectivity index (χ2v) is 5.78. The fourth-order valence-corrected chi connectivity index (χ4v) is 3.02. The van der Waals surface area contributed by atoms with Crippen LogP contribution in [-0.2, 0) is 0 Å². The van der Waals surface area contributed by atoms with Crippen LogP contribution in [0.25, 0.3) is 0 Å².